The first-order valence-corrected chi connectivity index (χ1v) is 6.27. The highest BCUT2D eigenvalue weighted by molar-refractivity contribution is 5.18. The van der Waals surface area contributed by atoms with Gasteiger partial charge in [0.25, 0.3) is 0 Å². The second kappa shape index (κ2) is 5.46. The molecule has 1 aliphatic rings. The molecule has 0 radical (unpaired) electrons. The molecule has 0 aliphatic carbocycles. The van der Waals surface area contributed by atoms with Crippen molar-refractivity contribution in [3.63, 3.8) is 0 Å². The smallest absolute Gasteiger partial charge is 0.0319 e. The molecule has 0 aromatic heterocycles. The molecule has 2 heteroatoms. The van der Waals surface area contributed by atoms with E-state index < -0.39 is 0 Å². The summed E-state index contributed by atoms with van der Waals surface area (Å²) in [6.45, 7) is 4.73. The van der Waals surface area contributed by atoms with Gasteiger partial charge in [-0.05, 0) is 32.4 Å². The van der Waals surface area contributed by atoms with Crippen molar-refractivity contribution in [3.8, 4) is 0 Å². The van der Waals surface area contributed by atoms with Crippen LogP contribution in [0, 0.1) is 0 Å². The fraction of sp³-hybridized carbons (Fsp3) is 0.571. The average molecular weight is 218 g/mol. The van der Waals surface area contributed by atoms with E-state index in [2.05, 4.69) is 54.5 Å². The van der Waals surface area contributed by atoms with E-state index in [1.807, 2.05) is 0 Å². The van der Waals surface area contributed by atoms with Crippen LogP contribution < -0.4 is 5.32 Å². The van der Waals surface area contributed by atoms with E-state index in [0.717, 1.165) is 6.04 Å². The summed E-state index contributed by atoms with van der Waals surface area (Å²) < 4.78 is 0. The van der Waals surface area contributed by atoms with E-state index in [0.29, 0.717) is 6.04 Å². The molecule has 0 saturated carbocycles. The Morgan fingerprint density at radius 3 is 2.38 bits per heavy atom. The molecule has 2 rings (SSSR count). The Morgan fingerprint density at radius 1 is 1.19 bits per heavy atom. The molecule has 88 valence electrons. The van der Waals surface area contributed by atoms with Crippen LogP contribution >= 0.6 is 0 Å². The molecule has 0 spiro atoms. The summed E-state index contributed by atoms with van der Waals surface area (Å²) >= 11 is 0. The molecule has 1 atom stereocenters. The van der Waals surface area contributed by atoms with Crippen molar-refractivity contribution < 1.29 is 0 Å². The first-order chi connectivity index (χ1) is 7.81. The summed E-state index contributed by atoms with van der Waals surface area (Å²) in [7, 11) is 2.07. The monoisotopic (exact) mass is 218 g/mol. The molecule has 1 aromatic carbocycles. The van der Waals surface area contributed by atoms with Crippen molar-refractivity contribution >= 4 is 0 Å². The Kier molecular flexibility index (Phi) is 3.97. The maximum absolute atomic E-state index is 3.38. The van der Waals surface area contributed by atoms with Crippen LogP contribution in [0.25, 0.3) is 0 Å². The lowest BCUT2D eigenvalue weighted by atomic mass is 10.0. The van der Waals surface area contributed by atoms with E-state index >= 15 is 0 Å². The molecule has 16 heavy (non-hydrogen) atoms. The molecule has 1 aromatic rings. The zero-order valence-electron chi connectivity index (χ0n) is 10.3. The van der Waals surface area contributed by atoms with Gasteiger partial charge >= 0.3 is 0 Å². The molecule has 1 aliphatic heterocycles. The maximum Gasteiger partial charge on any atom is 0.0319 e. The van der Waals surface area contributed by atoms with E-state index in [9.17, 15) is 0 Å². The lowest BCUT2D eigenvalue weighted by Crippen LogP contribution is -2.42. The largest absolute Gasteiger partial charge is 0.317 e. The van der Waals surface area contributed by atoms with Crippen LogP contribution in [-0.2, 0) is 0 Å². The molecule has 0 bridgehead atoms. The van der Waals surface area contributed by atoms with Gasteiger partial charge in [0, 0.05) is 25.2 Å². The minimum atomic E-state index is 0.555. The number of nitrogens with one attached hydrogen (secondary N) is 1. The normalized spacial score (nSPS) is 20.9. The summed E-state index contributed by atoms with van der Waals surface area (Å²) in [5.41, 5.74) is 1.44. The zero-order chi connectivity index (χ0) is 11.4. The highest BCUT2D eigenvalue weighted by Crippen LogP contribution is 2.23. The van der Waals surface area contributed by atoms with Crippen LogP contribution in [-0.4, -0.2) is 31.1 Å². The Labute approximate surface area is 98.7 Å². The predicted molar refractivity (Wildman–Crippen MR) is 68.5 cm³/mol. The third kappa shape index (κ3) is 2.63. The van der Waals surface area contributed by atoms with Gasteiger partial charge in [0.2, 0.25) is 0 Å². The SMILES string of the molecule is CNC1CCN(C(C)c2ccccc2)CC1. The molecular weight excluding hydrogens is 196 g/mol. The van der Waals surface area contributed by atoms with Crippen LogP contribution in [0.3, 0.4) is 0 Å². The van der Waals surface area contributed by atoms with E-state index in [1.165, 1.54) is 31.5 Å². The Balaban J connectivity index is 1.94. The molecule has 2 nitrogen and oxygen atoms in total. The van der Waals surface area contributed by atoms with Crippen molar-refractivity contribution in [1.82, 2.24) is 10.2 Å². The van der Waals surface area contributed by atoms with Gasteiger partial charge in [0.05, 0.1) is 0 Å². The summed E-state index contributed by atoms with van der Waals surface area (Å²) in [5, 5.41) is 3.38. The van der Waals surface area contributed by atoms with Crippen LogP contribution in [0.4, 0.5) is 0 Å². The standard InChI is InChI=1S/C14H22N2/c1-12(13-6-4-3-5-7-13)16-10-8-14(15-2)9-11-16/h3-7,12,14-15H,8-11H2,1-2H3. The van der Waals surface area contributed by atoms with Crippen molar-refractivity contribution in [2.45, 2.75) is 31.8 Å². The second-order valence-electron chi connectivity index (χ2n) is 4.69. The van der Waals surface area contributed by atoms with Crippen LogP contribution in [0.15, 0.2) is 30.3 Å². The Bertz CT molecular complexity index is 302. The molecule has 1 saturated heterocycles. The Hall–Kier alpha value is -0.860. The lowest BCUT2D eigenvalue weighted by molar-refractivity contribution is 0.155. The number of hydrogen-bond donors (Lipinski definition) is 1. The summed E-state index contributed by atoms with van der Waals surface area (Å²) in [4.78, 5) is 2.59. The number of rotatable bonds is 3. The summed E-state index contributed by atoms with van der Waals surface area (Å²) in [6, 6.07) is 12.1. The zero-order valence-corrected chi connectivity index (χ0v) is 10.3. The Morgan fingerprint density at radius 2 is 1.81 bits per heavy atom. The minimum Gasteiger partial charge on any atom is -0.317 e. The molecule has 1 fully saturated rings. The van der Waals surface area contributed by atoms with Crippen LogP contribution in [0.1, 0.15) is 31.4 Å². The topological polar surface area (TPSA) is 15.3 Å². The van der Waals surface area contributed by atoms with Gasteiger partial charge < -0.3 is 5.32 Å². The first-order valence-electron chi connectivity index (χ1n) is 6.27. The van der Waals surface area contributed by atoms with Gasteiger partial charge in [-0.1, -0.05) is 30.3 Å². The van der Waals surface area contributed by atoms with Crippen molar-refractivity contribution in [1.29, 1.82) is 0 Å². The quantitative estimate of drug-likeness (QED) is 0.838. The third-order valence-electron chi connectivity index (χ3n) is 3.77. The average Bonchev–Trinajstić information content (AvgIpc) is 2.39. The van der Waals surface area contributed by atoms with E-state index in [-0.39, 0.29) is 0 Å². The number of piperidine rings is 1. The highest BCUT2D eigenvalue weighted by atomic mass is 15.2. The van der Waals surface area contributed by atoms with Crippen molar-refractivity contribution in [2.24, 2.45) is 0 Å². The second-order valence-corrected chi connectivity index (χ2v) is 4.69. The van der Waals surface area contributed by atoms with Crippen molar-refractivity contribution in [3.05, 3.63) is 35.9 Å². The summed E-state index contributed by atoms with van der Waals surface area (Å²) in [6.07, 6.45) is 2.54. The van der Waals surface area contributed by atoms with Crippen molar-refractivity contribution in [2.75, 3.05) is 20.1 Å². The highest BCUT2D eigenvalue weighted by Gasteiger charge is 2.22. The van der Waals surface area contributed by atoms with E-state index in [4.69, 9.17) is 0 Å². The number of hydrogen-bond acceptors (Lipinski definition) is 2. The van der Waals surface area contributed by atoms with Gasteiger partial charge in [-0.25, -0.2) is 0 Å². The van der Waals surface area contributed by atoms with Gasteiger partial charge in [-0.15, -0.1) is 0 Å². The maximum atomic E-state index is 3.38. The van der Waals surface area contributed by atoms with Gasteiger partial charge in [-0.2, -0.15) is 0 Å². The lowest BCUT2D eigenvalue weighted by Gasteiger charge is -2.36. The number of nitrogens with zero attached hydrogens (tertiary/aromatic N) is 1. The minimum absolute atomic E-state index is 0.555. The van der Waals surface area contributed by atoms with E-state index in [1.54, 1.807) is 0 Å². The molecule has 1 N–H and O–H groups in total. The number of likely N-dealkylation sites (tertiary alicyclic amines) is 1. The predicted octanol–water partition coefficient (Wildman–Crippen LogP) is 2.43. The molecule has 0 amide bonds. The van der Waals surface area contributed by atoms with Gasteiger partial charge in [0.1, 0.15) is 0 Å². The molecule has 1 unspecified atom stereocenters. The van der Waals surface area contributed by atoms with Gasteiger partial charge in [-0.3, -0.25) is 4.90 Å². The first kappa shape index (κ1) is 11.6. The third-order valence-corrected chi connectivity index (χ3v) is 3.77. The fourth-order valence-electron chi connectivity index (χ4n) is 2.52. The fourth-order valence-corrected chi connectivity index (χ4v) is 2.52. The molecular formula is C14H22N2. The van der Waals surface area contributed by atoms with Crippen LogP contribution in [0.2, 0.25) is 0 Å². The van der Waals surface area contributed by atoms with Crippen LogP contribution in [0.5, 0.6) is 0 Å². The number of benzene rings is 1. The van der Waals surface area contributed by atoms with Gasteiger partial charge in [0.15, 0.2) is 0 Å². The summed E-state index contributed by atoms with van der Waals surface area (Å²) in [5.74, 6) is 0. The molecule has 1 heterocycles.